The van der Waals surface area contributed by atoms with Crippen molar-refractivity contribution < 1.29 is 4.52 Å². The minimum atomic E-state index is 0.122. The van der Waals surface area contributed by atoms with Crippen LogP contribution in [0.2, 0.25) is 0 Å². The number of nitrogens with one attached hydrogen (secondary N) is 1. The molecule has 0 radical (unpaired) electrons. The number of aromatic nitrogens is 2. The highest BCUT2D eigenvalue weighted by Crippen LogP contribution is 2.38. The lowest BCUT2D eigenvalue weighted by molar-refractivity contribution is 0.215. The molecule has 4 nitrogen and oxygen atoms in total. The second-order valence-electron chi connectivity index (χ2n) is 6.81. The van der Waals surface area contributed by atoms with Crippen molar-refractivity contribution in [1.29, 1.82) is 0 Å². The topological polar surface area (TPSA) is 51.0 Å². The van der Waals surface area contributed by atoms with Gasteiger partial charge in [0.2, 0.25) is 5.89 Å². The van der Waals surface area contributed by atoms with Gasteiger partial charge in [-0.15, -0.1) is 0 Å². The van der Waals surface area contributed by atoms with E-state index in [1.807, 2.05) is 0 Å². The Morgan fingerprint density at radius 2 is 2.10 bits per heavy atom. The van der Waals surface area contributed by atoms with Gasteiger partial charge in [0, 0.05) is 5.92 Å². The Hall–Kier alpha value is -0.900. The van der Waals surface area contributed by atoms with Crippen LogP contribution in [0.25, 0.3) is 0 Å². The van der Waals surface area contributed by atoms with E-state index in [1.54, 1.807) is 0 Å². The van der Waals surface area contributed by atoms with Crippen LogP contribution in [0.3, 0.4) is 0 Å². The summed E-state index contributed by atoms with van der Waals surface area (Å²) in [5, 5.41) is 7.77. The zero-order valence-corrected chi connectivity index (χ0v) is 12.8. The smallest absolute Gasteiger partial charge is 0.232 e. The van der Waals surface area contributed by atoms with Crippen molar-refractivity contribution >= 4 is 0 Å². The molecule has 2 atom stereocenters. The molecule has 2 unspecified atom stereocenters. The predicted molar refractivity (Wildman–Crippen MR) is 78.7 cm³/mol. The normalized spacial score (nSPS) is 30.3. The van der Waals surface area contributed by atoms with Gasteiger partial charge in [0.25, 0.3) is 0 Å². The molecule has 20 heavy (non-hydrogen) atoms. The zero-order chi connectivity index (χ0) is 14.0. The van der Waals surface area contributed by atoms with Gasteiger partial charge < -0.3 is 9.84 Å². The van der Waals surface area contributed by atoms with E-state index in [0.717, 1.165) is 50.0 Å². The number of piperidine rings is 1. The van der Waals surface area contributed by atoms with Crippen LogP contribution in [0.15, 0.2) is 4.52 Å². The Morgan fingerprint density at radius 1 is 1.30 bits per heavy atom. The minimum Gasteiger partial charge on any atom is -0.339 e. The molecular formula is C16H27N3O. The summed E-state index contributed by atoms with van der Waals surface area (Å²) in [4.78, 5) is 4.83. The van der Waals surface area contributed by atoms with Gasteiger partial charge in [-0.1, -0.05) is 31.8 Å². The molecule has 0 amide bonds. The van der Waals surface area contributed by atoms with Gasteiger partial charge >= 0.3 is 0 Å². The monoisotopic (exact) mass is 277 g/mol. The van der Waals surface area contributed by atoms with Crippen LogP contribution in [0.1, 0.15) is 76.4 Å². The Bertz CT molecular complexity index is 437. The summed E-state index contributed by atoms with van der Waals surface area (Å²) in [5.74, 6) is 3.19. The zero-order valence-electron chi connectivity index (χ0n) is 12.8. The maximum absolute atomic E-state index is 5.70. The molecule has 2 fully saturated rings. The molecule has 112 valence electrons. The summed E-state index contributed by atoms with van der Waals surface area (Å²) in [6.45, 7) is 6.71. The Labute approximate surface area is 121 Å². The Morgan fingerprint density at radius 3 is 2.80 bits per heavy atom. The summed E-state index contributed by atoms with van der Waals surface area (Å²) < 4.78 is 5.70. The van der Waals surface area contributed by atoms with Crippen LogP contribution in [0.4, 0.5) is 0 Å². The van der Waals surface area contributed by atoms with E-state index in [4.69, 9.17) is 9.51 Å². The standard InChI is InChI=1S/C16H27N3O/c1-3-16(7-9-17-10-8-16)15-18-14(19-20-15)13-6-4-5-12(2)11-13/h12-13,17H,3-11H2,1-2H3. The van der Waals surface area contributed by atoms with E-state index < -0.39 is 0 Å². The number of hydrogen-bond acceptors (Lipinski definition) is 4. The third kappa shape index (κ3) is 2.62. The van der Waals surface area contributed by atoms with Crippen molar-refractivity contribution in [2.24, 2.45) is 5.92 Å². The van der Waals surface area contributed by atoms with Crippen molar-refractivity contribution in [2.45, 2.75) is 70.1 Å². The lowest BCUT2D eigenvalue weighted by Crippen LogP contribution is -2.39. The largest absolute Gasteiger partial charge is 0.339 e. The first-order chi connectivity index (χ1) is 9.73. The maximum atomic E-state index is 5.70. The molecule has 1 saturated heterocycles. The maximum Gasteiger partial charge on any atom is 0.232 e. The van der Waals surface area contributed by atoms with Gasteiger partial charge in [-0.3, -0.25) is 0 Å². The molecule has 1 saturated carbocycles. The summed E-state index contributed by atoms with van der Waals surface area (Å²) in [6.07, 6.45) is 8.43. The molecule has 2 aliphatic rings. The van der Waals surface area contributed by atoms with Crippen LogP contribution in [0.5, 0.6) is 0 Å². The average molecular weight is 277 g/mol. The van der Waals surface area contributed by atoms with E-state index in [2.05, 4.69) is 24.3 Å². The van der Waals surface area contributed by atoms with Crippen LogP contribution >= 0.6 is 0 Å². The third-order valence-corrected chi connectivity index (χ3v) is 5.43. The quantitative estimate of drug-likeness (QED) is 0.920. The van der Waals surface area contributed by atoms with E-state index in [-0.39, 0.29) is 5.41 Å². The highest BCUT2D eigenvalue weighted by molar-refractivity contribution is 5.09. The molecular weight excluding hydrogens is 250 g/mol. The fraction of sp³-hybridized carbons (Fsp3) is 0.875. The second-order valence-corrected chi connectivity index (χ2v) is 6.81. The highest BCUT2D eigenvalue weighted by atomic mass is 16.5. The fourth-order valence-corrected chi connectivity index (χ4v) is 3.91. The highest BCUT2D eigenvalue weighted by Gasteiger charge is 2.38. The molecule has 0 bridgehead atoms. The number of nitrogens with zero attached hydrogens (tertiary/aromatic N) is 2. The van der Waals surface area contributed by atoms with Crippen LogP contribution in [-0.2, 0) is 5.41 Å². The van der Waals surface area contributed by atoms with Crippen molar-refractivity contribution in [2.75, 3.05) is 13.1 Å². The predicted octanol–water partition coefficient (Wildman–Crippen LogP) is 3.39. The summed E-state index contributed by atoms with van der Waals surface area (Å²) in [6, 6.07) is 0. The number of hydrogen-bond donors (Lipinski definition) is 1. The van der Waals surface area contributed by atoms with E-state index in [0.29, 0.717) is 5.92 Å². The van der Waals surface area contributed by atoms with E-state index in [9.17, 15) is 0 Å². The van der Waals surface area contributed by atoms with Gasteiger partial charge in [0.1, 0.15) is 0 Å². The lowest BCUT2D eigenvalue weighted by Gasteiger charge is -2.33. The summed E-state index contributed by atoms with van der Waals surface area (Å²) in [5.41, 5.74) is 0.122. The van der Waals surface area contributed by atoms with E-state index >= 15 is 0 Å². The summed E-state index contributed by atoms with van der Waals surface area (Å²) >= 11 is 0. The molecule has 1 aliphatic carbocycles. The first kappa shape index (κ1) is 14.1. The van der Waals surface area contributed by atoms with Crippen molar-refractivity contribution in [1.82, 2.24) is 15.5 Å². The molecule has 1 aliphatic heterocycles. The summed E-state index contributed by atoms with van der Waals surface area (Å²) in [7, 11) is 0. The molecule has 2 heterocycles. The molecule has 1 aromatic rings. The molecule has 0 aromatic carbocycles. The molecule has 3 rings (SSSR count). The van der Waals surface area contributed by atoms with Crippen molar-refractivity contribution in [3.8, 4) is 0 Å². The first-order valence-electron chi connectivity index (χ1n) is 8.28. The minimum absolute atomic E-state index is 0.122. The SMILES string of the molecule is CCC1(c2nc(C3CCCC(C)C3)no2)CCNCC1. The molecule has 1 N–H and O–H groups in total. The Balaban J connectivity index is 1.78. The third-order valence-electron chi connectivity index (χ3n) is 5.43. The van der Waals surface area contributed by atoms with Gasteiger partial charge in [0.15, 0.2) is 5.82 Å². The number of rotatable bonds is 3. The molecule has 1 aromatic heterocycles. The average Bonchev–Trinajstić information content (AvgIpc) is 2.98. The molecule has 4 heteroatoms. The fourth-order valence-electron chi connectivity index (χ4n) is 3.91. The van der Waals surface area contributed by atoms with Crippen molar-refractivity contribution in [3.63, 3.8) is 0 Å². The van der Waals surface area contributed by atoms with E-state index in [1.165, 1.54) is 25.7 Å². The van der Waals surface area contributed by atoms with Gasteiger partial charge in [0.05, 0.1) is 5.41 Å². The molecule has 0 spiro atoms. The van der Waals surface area contributed by atoms with Crippen LogP contribution < -0.4 is 5.32 Å². The van der Waals surface area contributed by atoms with Crippen LogP contribution in [-0.4, -0.2) is 23.2 Å². The van der Waals surface area contributed by atoms with Gasteiger partial charge in [-0.2, -0.15) is 4.98 Å². The first-order valence-corrected chi connectivity index (χ1v) is 8.28. The lowest BCUT2D eigenvalue weighted by atomic mass is 9.76. The second kappa shape index (κ2) is 5.84. The Kier molecular flexibility index (Phi) is 4.11. The van der Waals surface area contributed by atoms with Gasteiger partial charge in [-0.05, 0) is 51.1 Å². The van der Waals surface area contributed by atoms with Gasteiger partial charge in [-0.25, -0.2) is 0 Å². The van der Waals surface area contributed by atoms with Crippen molar-refractivity contribution in [3.05, 3.63) is 11.7 Å². The van der Waals surface area contributed by atoms with Crippen LogP contribution in [0, 0.1) is 5.92 Å².